The van der Waals surface area contributed by atoms with E-state index in [-0.39, 0.29) is 5.91 Å². The van der Waals surface area contributed by atoms with E-state index in [1.807, 2.05) is 30.3 Å². The number of hydrogen-bond donors (Lipinski definition) is 1. The summed E-state index contributed by atoms with van der Waals surface area (Å²) >= 11 is 0. The van der Waals surface area contributed by atoms with Crippen LogP contribution in [-0.4, -0.2) is 42.1 Å². The van der Waals surface area contributed by atoms with E-state index in [1.54, 1.807) is 4.90 Å². The fourth-order valence-corrected chi connectivity index (χ4v) is 3.50. The Morgan fingerprint density at radius 2 is 1.91 bits per heavy atom. The van der Waals surface area contributed by atoms with Gasteiger partial charge in [0.1, 0.15) is 0 Å². The van der Waals surface area contributed by atoms with Crippen LogP contribution in [0.15, 0.2) is 30.3 Å². The molecule has 1 saturated heterocycles. The van der Waals surface area contributed by atoms with E-state index >= 15 is 0 Å². The zero-order valence-electron chi connectivity index (χ0n) is 12.7. The SMILES string of the molecule is COC(=O)[C@]1(C(=O)N2CCCC2)C[C@H]1C(O)c1ccccc1. The standard InChI is InChI=1S/C17H21NO4/c1-22-16(21)17(15(20)18-9-5-6-10-18)11-13(17)14(19)12-7-3-2-4-8-12/h2-4,7-8,13-14,19H,5-6,9-11H2,1H3/t13-,14?,17+/m0/s1. The van der Waals surface area contributed by atoms with E-state index in [0.29, 0.717) is 19.5 Å². The van der Waals surface area contributed by atoms with Crippen LogP contribution in [0.4, 0.5) is 0 Å². The molecular weight excluding hydrogens is 282 g/mol. The lowest BCUT2D eigenvalue weighted by Crippen LogP contribution is -2.41. The number of esters is 1. The van der Waals surface area contributed by atoms with Crippen molar-refractivity contribution in [2.45, 2.75) is 25.4 Å². The van der Waals surface area contributed by atoms with Gasteiger partial charge in [-0.25, -0.2) is 0 Å². The van der Waals surface area contributed by atoms with Gasteiger partial charge in [-0.3, -0.25) is 9.59 Å². The molecule has 1 N–H and O–H groups in total. The molecule has 22 heavy (non-hydrogen) atoms. The highest BCUT2D eigenvalue weighted by Crippen LogP contribution is 2.60. The lowest BCUT2D eigenvalue weighted by atomic mass is 9.95. The molecule has 1 heterocycles. The lowest BCUT2D eigenvalue weighted by molar-refractivity contribution is -0.157. The Balaban J connectivity index is 1.84. The van der Waals surface area contributed by atoms with Gasteiger partial charge in [-0.2, -0.15) is 0 Å². The average molecular weight is 303 g/mol. The number of benzene rings is 1. The first kappa shape index (κ1) is 15.0. The summed E-state index contributed by atoms with van der Waals surface area (Å²) in [5.41, 5.74) is -0.471. The second-order valence-corrected chi connectivity index (χ2v) is 6.13. The molecule has 0 radical (unpaired) electrons. The van der Waals surface area contributed by atoms with Crippen LogP contribution < -0.4 is 0 Å². The van der Waals surface area contributed by atoms with Crippen LogP contribution >= 0.6 is 0 Å². The van der Waals surface area contributed by atoms with Gasteiger partial charge in [0.2, 0.25) is 5.91 Å². The Hall–Kier alpha value is -1.88. The molecule has 1 aliphatic carbocycles. The smallest absolute Gasteiger partial charge is 0.321 e. The highest BCUT2D eigenvalue weighted by molar-refractivity contribution is 6.06. The van der Waals surface area contributed by atoms with Gasteiger partial charge < -0.3 is 14.7 Å². The number of hydrogen-bond acceptors (Lipinski definition) is 4. The normalized spacial score (nSPS) is 28.3. The number of aliphatic hydroxyl groups is 1. The molecule has 2 aliphatic rings. The van der Waals surface area contributed by atoms with Crippen molar-refractivity contribution in [1.82, 2.24) is 4.90 Å². The summed E-state index contributed by atoms with van der Waals surface area (Å²) in [6.07, 6.45) is 1.46. The molecule has 0 bridgehead atoms. The van der Waals surface area contributed by atoms with E-state index in [1.165, 1.54) is 7.11 Å². The Labute approximate surface area is 129 Å². The van der Waals surface area contributed by atoms with Crippen molar-refractivity contribution in [3.05, 3.63) is 35.9 Å². The molecular formula is C17H21NO4. The van der Waals surface area contributed by atoms with E-state index in [0.717, 1.165) is 18.4 Å². The number of methoxy groups -OCH3 is 1. The zero-order chi connectivity index (χ0) is 15.7. The summed E-state index contributed by atoms with van der Waals surface area (Å²) in [6, 6.07) is 9.16. The summed E-state index contributed by atoms with van der Waals surface area (Å²) < 4.78 is 4.88. The molecule has 3 rings (SSSR count). The zero-order valence-corrected chi connectivity index (χ0v) is 12.7. The number of carbonyl (C=O) groups excluding carboxylic acids is 2. The van der Waals surface area contributed by atoms with E-state index < -0.39 is 23.4 Å². The highest BCUT2D eigenvalue weighted by atomic mass is 16.5. The number of ether oxygens (including phenoxy) is 1. The van der Waals surface area contributed by atoms with Gasteiger partial charge in [-0.1, -0.05) is 30.3 Å². The van der Waals surface area contributed by atoms with E-state index in [4.69, 9.17) is 4.74 Å². The second-order valence-electron chi connectivity index (χ2n) is 6.13. The molecule has 1 aromatic carbocycles. The number of nitrogens with zero attached hydrogens (tertiary/aromatic N) is 1. The molecule has 1 saturated carbocycles. The van der Waals surface area contributed by atoms with Crippen molar-refractivity contribution >= 4 is 11.9 Å². The third-order valence-corrected chi connectivity index (χ3v) is 4.86. The van der Waals surface area contributed by atoms with E-state index in [2.05, 4.69) is 0 Å². The molecule has 3 atom stereocenters. The highest BCUT2D eigenvalue weighted by Gasteiger charge is 2.70. The number of likely N-dealkylation sites (tertiary alicyclic amines) is 1. The van der Waals surface area contributed by atoms with Crippen LogP contribution in [0.2, 0.25) is 0 Å². The lowest BCUT2D eigenvalue weighted by Gasteiger charge is -2.23. The van der Waals surface area contributed by atoms with Crippen LogP contribution in [0, 0.1) is 11.3 Å². The van der Waals surface area contributed by atoms with Gasteiger partial charge in [0.15, 0.2) is 5.41 Å². The predicted molar refractivity (Wildman–Crippen MR) is 79.8 cm³/mol. The van der Waals surface area contributed by atoms with Gasteiger partial charge in [-0.05, 0) is 24.8 Å². The fourth-order valence-electron chi connectivity index (χ4n) is 3.50. The minimum atomic E-state index is -1.20. The third kappa shape index (κ3) is 2.29. The summed E-state index contributed by atoms with van der Waals surface area (Å²) in [5.74, 6) is -1.11. The van der Waals surface area contributed by atoms with Crippen LogP contribution in [0.3, 0.4) is 0 Å². The topological polar surface area (TPSA) is 66.8 Å². The van der Waals surface area contributed by atoms with Crippen molar-refractivity contribution in [2.75, 3.05) is 20.2 Å². The fraction of sp³-hybridized carbons (Fsp3) is 0.529. The van der Waals surface area contributed by atoms with Crippen LogP contribution in [-0.2, 0) is 14.3 Å². The first-order valence-corrected chi connectivity index (χ1v) is 7.72. The van der Waals surface area contributed by atoms with E-state index in [9.17, 15) is 14.7 Å². The van der Waals surface area contributed by atoms with Crippen molar-refractivity contribution < 1.29 is 19.4 Å². The second kappa shape index (κ2) is 5.72. The predicted octanol–water partition coefficient (Wildman–Crippen LogP) is 1.52. The van der Waals surface area contributed by atoms with Crippen molar-refractivity contribution in [2.24, 2.45) is 11.3 Å². The van der Waals surface area contributed by atoms with Crippen LogP contribution in [0.25, 0.3) is 0 Å². The van der Waals surface area contributed by atoms with Gasteiger partial charge in [0, 0.05) is 19.0 Å². The number of carbonyl (C=O) groups is 2. The molecule has 5 nitrogen and oxygen atoms in total. The summed E-state index contributed by atoms with van der Waals surface area (Å²) in [5, 5.41) is 10.6. The maximum atomic E-state index is 12.8. The maximum absolute atomic E-state index is 12.8. The minimum absolute atomic E-state index is 0.183. The summed E-state index contributed by atoms with van der Waals surface area (Å²) in [6.45, 7) is 1.37. The maximum Gasteiger partial charge on any atom is 0.321 e. The molecule has 0 spiro atoms. The summed E-state index contributed by atoms with van der Waals surface area (Å²) in [7, 11) is 1.30. The molecule has 0 aromatic heterocycles. The molecule has 1 aliphatic heterocycles. The summed E-state index contributed by atoms with van der Waals surface area (Å²) in [4.78, 5) is 26.8. The molecule has 1 unspecified atom stereocenters. The van der Waals surface area contributed by atoms with Gasteiger partial charge in [0.05, 0.1) is 13.2 Å². The number of amides is 1. The first-order chi connectivity index (χ1) is 10.6. The quantitative estimate of drug-likeness (QED) is 0.676. The van der Waals surface area contributed by atoms with Crippen LogP contribution in [0.5, 0.6) is 0 Å². The first-order valence-electron chi connectivity index (χ1n) is 7.72. The van der Waals surface area contributed by atoms with Gasteiger partial charge in [0.25, 0.3) is 0 Å². The number of aliphatic hydroxyl groups excluding tert-OH is 1. The van der Waals surface area contributed by atoms with Gasteiger partial charge in [-0.15, -0.1) is 0 Å². The Morgan fingerprint density at radius 1 is 1.27 bits per heavy atom. The number of rotatable bonds is 4. The van der Waals surface area contributed by atoms with Crippen molar-refractivity contribution in [3.8, 4) is 0 Å². The van der Waals surface area contributed by atoms with Crippen molar-refractivity contribution in [1.29, 1.82) is 0 Å². The molecule has 118 valence electrons. The Morgan fingerprint density at radius 3 is 2.50 bits per heavy atom. The van der Waals surface area contributed by atoms with Crippen LogP contribution in [0.1, 0.15) is 30.9 Å². The van der Waals surface area contributed by atoms with Crippen molar-refractivity contribution in [3.63, 3.8) is 0 Å². The largest absolute Gasteiger partial charge is 0.468 e. The Bertz CT molecular complexity index is 567. The molecule has 2 fully saturated rings. The molecule has 5 heteroatoms. The average Bonchev–Trinajstić information content (AvgIpc) is 3.08. The van der Waals surface area contributed by atoms with Gasteiger partial charge >= 0.3 is 5.97 Å². The Kier molecular flexibility index (Phi) is 3.91. The third-order valence-electron chi connectivity index (χ3n) is 4.86. The monoisotopic (exact) mass is 303 g/mol. The molecule has 1 amide bonds. The minimum Gasteiger partial charge on any atom is -0.468 e. The molecule has 1 aromatic rings.